The molecule has 0 bridgehead atoms. The molecule has 0 atom stereocenters. The third-order valence-corrected chi connectivity index (χ3v) is 7.73. The molecule has 1 N–H and O–H groups in total. The number of amidine groups is 2. The second-order valence-electron chi connectivity index (χ2n) is 7.88. The lowest BCUT2D eigenvalue weighted by molar-refractivity contribution is -0.114. The summed E-state index contributed by atoms with van der Waals surface area (Å²) in [6, 6.07) is 12.9. The van der Waals surface area contributed by atoms with Gasteiger partial charge in [-0.05, 0) is 54.1 Å². The molecule has 10 nitrogen and oxygen atoms in total. The Balaban J connectivity index is 1.42. The van der Waals surface area contributed by atoms with E-state index in [-0.39, 0.29) is 21.0 Å². The lowest BCUT2D eigenvalue weighted by Gasteiger charge is -2.20. The van der Waals surface area contributed by atoms with Gasteiger partial charge in [-0.1, -0.05) is 24.3 Å². The molecule has 2 heterocycles. The highest BCUT2D eigenvalue weighted by Gasteiger charge is 2.38. The Hall–Kier alpha value is -3.64. The van der Waals surface area contributed by atoms with Crippen molar-refractivity contribution >= 4 is 49.0 Å². The van der Waals surface area contributed by atoms with Gasteiger partial charge >= 0.3 is 0 Å². The summed E-state index contributed by atoms with van der Waals surface area (Å²) in [5, 5.41) is 13.4. The first-order chi connectivity index (χ1) is 17.2. The van der Waals surface area contributed by atoms with Crippen LogP contribution in [0.4, 0.5) is 0 Å². The van der Waals surface area contributed by atoms with Crippen LogP contribution in [0.25, 0.3) is 6.08 Å². The number of aliphatic imine (C=N–C) groups is 1. The number of hydrogen-bond acceptors (Lipinski definition) is 9. The number of thioether (sulfide) groups is 1. The number of carbonyl (C=O) groups is 1. The minimum atomic E-state index is -3.59. The number of nitrogens with one attached hydrogen (secondary N) is 1. The molecule has 2 aliphatic rings. The monoisotopic (exact) mass is 528 g/mol. The second-order valence-corrected chi connectivity index (χ2v) is 11.0. The minimum absolute atomic E-state index is 0.0260. The summed E-state index contributed by atoms with van der Waals surface area (Å²) in [6.07, 6.45) is 3.15. The van der Waals surface area contributed by atoms with Crippen molar-refractivity contribution in [2.24, 2.45) is 10.1 Å². The van der Waals surface area contributed by atoms with Crippen LogP contribution >= 0.6 is 11.8 Å². The SMILES string of the molecule is COc1cc(/C=C2\C(=N)N3N=C(S(C)(=O)=O)SC3=NC2=O)ccc1OCCCOc1ccccc1C. The van der Waals surface area contributed by atoms with Gasteiger partial charge in [0.2, 0.25) is 19.4 Å². The molecule has 0 aliphatic carbocycles. The molecule has 2 aromatic carbocycles. The van der Waals surface area contributed by atoms with Crippen molar-refractivity contribution in [1.29, 1.82) is 5.41 Å². The molecule has 0 unspecified atom stereocenters. The first-order valence-corrected chi connectivity index (χ1v) is 13.6. The molecule has 188 valence electrons. The number of rotatable bonds is 8. The third kappa shape index (κ3) is 5.60. The standard InChI is InChI=1S/C24H24N4O6S2/c1-15-7-4-5-8-18(15)33-11-6-12-34-19-10-9-16(14-20(19)32-2)13-17-21(25)28-23(26-22(17)29)35-24(27-28)36(3,30)31/h4-5,7-10,13-14,25H,6,11-12H2,1-3H3/b17-13+,25-21?. The Morgan fingerprint density at radius 2 is 1.81 bits per heavy atom. The molecule has 0 radical (unpaired) electrons. The number of ether oxygens (including phenoxy) is 3. The number of aryl methyl sites for hydroxylation is 1. The summed E-state index contributed by atoms with van der Waals surface area (Å²) >= 11 is 0.739. The van der Waals surface area contributed by atoms with Gasteiger partial charge in [-0.2, -0.15) is 10.0 Å². The number of methoxy groups -OCH3 is 1. The number of nitrogens with zero attached hydrogens (tertiary/aromatic N) is 3. The van der Waals surface area contributed by atoms with Gasteiger partial charge in [0, 0.05) is 12.7 Å². The Morgan fingerprint density at radius 1 is 1.08 bits per heavy atom. The van der Waals surface area contributed by atoms with E-state index in [9.17, 15) is 13.2 Å². The van der Waals surface area contributed by atoms with E-state index in [1.165, 1.54) is 13.2 Å². The van der Waals surface area contributed by atoms with Gasteiger partial charge in [0.05, 0.1) is 25.9 Å². The van der Waals surface area contributed by atoms with Crippen LogP contribution in [0.2, 0.25) is 0 Å². The highest BCUT2D eigenvalue weighted by Crippen LogP contribution is 2.32. The molecule has 12 heteroatoms. The number of para-hydroxylation sites is 1. The summed E-state index contributed by atoms with van der Waals surface area (Å²) < 4.78 is 40.4. The molecule has 1 amide bonds. The molecule has 0 spiro atoms. The topological polar surface area (TPSA) is 131 Å². The number of hydrazone groups is 1. The zero-order chi connectivity index (χ0) is 25.9. The molecule has 2 aliphatic heterocycles. The summed E-state index contributed by atoms with van der Waals surface area (Å²) in [5.74, 6) is 0.912. The van der Waals surface area contributed by atoms with Crippen molar-refractivity contribution in [3.8, 4) is 17.2 Å². The van der Waals surface area contributed by atoms with Crippen LogP contribution in [0.15, 0.2) is 58.1 Å². The van der Waals surface area contributed by atoms with Gasteiger partial charge in [-0.25, -0.2) is 8.42 Å². The van der Waals surface area contributed by atoms with E-state index in [1.807, 2.05) is 31.2 Å². The largest absolute Gasteiger partial charge is 0.493 e. The normalized spacial score (nSPS) is 16.5. The van der Waals surface area contributed by atoms with E-state index in [0.29, 0.717) is 36.7 Å². The molecule has 0 saturated heterocycles. The maximum Gasteiger partial charge on any atom is 0.283 e. The maximum atomic E-state index is 12.6. The first kappa shape index (κ1) is 25.5. The van der Waals surface area contributed by atoms with Crippen LogP contribution in [0.3, 0.4) is 0 Å². The number of fused-ring (bicyclic) bond motifs is 1. The fraction of sp³-hybridized carbons (Fsp3) is 0.250. The van der Waals surface area contributed by atoms with Gasteiger partial charge in [-0.3, -0.25) is 10.2 Å². The van der Waals surface area contributed by atoms with Crippen molar-refractivity contribution in [2.45, 2.75) is 13.3 Å². The van der Waals surface area contributed by atoms with Crippen molar-refractivity contribution in [2.75, 3.05) is 26.6 Å². The van der Waals surface area contributed by atoms with Crippen molar-refractivity contribution < 1.29 is 27.4 Å². The van der Waals surface area contributed by atoms with Gasteiger partial charge in [-0.15, -0.1) is 5.10 Å². The molecular formula is C24H24N4O6S2. The van der Waals surface area contributed by atoms with Crippen LogP contribution in [0.1, 0.15) is 17.5 Å². The number of hydrogen-bond donors (Lipinski definition) is 1. The van der Waals surface area contributed by atoms with E-state index in [1.54, 1.807) is 18.2 Å². The Kier molecular flexibility index (Phi) is 7.45. The van der Waals surface area contributed by atoms with Crippen LogP contribution < -0.4 is 14.2 Å². The number of sulfone groups is 1. The lowest BCUT2D eigenvalue weighted by atomic mass is 10.1. The second kappa shape index (κ2) is 10.5. The van der Waals surface area contributed by atoms with E-state index < -0.39 is 15.7 Å². The summed E-state index contributed by atoms with van der Waals surface area (Å²) in [6.45, 7) is 2.91. The van der Waals surface area contributed by atoms with Crippen LogP contribution in [0.5, 0.6) is 17.2 Å². The quantitative estimate of drug-likeness (QED) is 0.407. The zero-order valence-electron chi connectivity index (χ0n) is 19.8. The van der Waals surface area contributed by atoms with Crippen molar-refractivity contribution in [1.82, 2.24) is 5.01 Å². The lowest BCUT2D eigenvalue weighted by Crippen LogP contribution is -2.35. The number of benzene rings is 2. The van der Waals surface area contributed by atoms with Crippen LogP contribution in [-0.2, 0) is 14.6 Å². The van der Waals surface area contributed by atoms with Gasteiger partial charge < -0.3 is 14.2 Å². The fourth-order valence-electron chi connectivity index (χ4n) is 3.33. The van der Waals surface area contributed by atoms with E-state index in [4.69, 9.17) is 19.6 Å². The van der Waals surface area contributed by atoms with E-state index in [0.717, 1.165) is 34.3 Å². The van der Waals surface area contributed by atoms with E-state index in [2.05, 4.69) is 10.1 Å². The summed E-state index contributed by atoms with van der Waals surface area (Å²) in [7, 11) is -2.09. The van der Waals surface area contributed by atoms with Crippen LogP contribution in [0, 0.1) is 12.3 Å². The summed E-state index contributed by atoms with van der Waals surface area (Å²) in [5.41, 5.74) is 1.62. The summed E-state index contributed by atoms with van der Waals surface area (Å²) in [4.78, 5) is 16.4. The van der Waals surface area contributed by atoms with E-state index >= 15 is 0 Å². The predicted octanol–water partition coefficient (Wildman–Crippen LogP) is 3.47. The first-order valence-electron chi connectivity index (χ1n) is 10.9. The molecule has 36 heavy (non-hydrogen) atoms. The average molecular weight is 529 g/mol. The molecule has 0 saturated carbocycles. The fourth-order valence-corrected chi connectivity index (χ4v) is 5.01. The van der Waals surface area contributed by atoms with Gasteiger partial charge in [0.1, 0.15) is 5.75 Å². The Morgan fingerprint density at radius 3 is 2.50 bits per heavy atom. The van der Waals surface area contributed by atoms with Gasteiger partial charge in [0.25, 0.3) is 5.91 Å². The number of carbonyl (C=O) groups excluding carboxylic acids is 1. The molecule has 0 aromatic heterocycles. The van der Waals surface area contributed by atoms with Gasteiger partial charge in [0.15, 0.2) is 17.3 Å². The number of amides is 1. The highest BCUT2D eigenvalue weighted by molar-refractivity contribution is 8.42. The third-order valence-electron chi connectivity index (χ3n) is 5.15. The predicted molar refractivity (Wildman–Crippen MR) is 140 cm³/mol. The molecular weight excluding hydrogens is 504 g/mol. The highest BCUT2D eigenvalue weighted by atomic mass is 32.3. The Labute approximate surface area is 213 Å². The smallest absolute Gasteiger partial charge is 0.283 e. The minimum Gasteiger partial charge on any atom is -0.493 e. The Bertz CT molecular complexity index is 1420. The van der Waals surface area contributed by atoms with Crippen LogP contribution in [-0.4, -0.2) is 61.3 Å². The molecule has 2 aromatic rings. The average Bonchev–Trinajstić information content (AvgIpc) is 3.28. The molecule has 4 rings (SSSR count). The maximum absolute atomic E-state index is 12.6. The molecule has 0 fully saturated rings. The van der Waals surface area contributed by atoms with Crippen molar-refractivity contribution in [3.05, 3.63) is 59.2 Å². The van der Waals surface area contributed by atoms with Crippen molar-refractivity contribution in [3.63, 3.8) is 0 Å². The zero-order valence-corrected chi connectivity index (χ0v) is 21.5.